The Kier molecular flexibility index (Phi) is 14.5. The Hall–Kier alpha value is -1.08. The predicted octanol–water partition coefficient (Wildman–Crippen LogP) is 1.23. The smallest absolute Gasteiger partial charge is 0.115 e. The zero-order valence-electron chi connectivity index (χ0n) is 12.9. The van der Waals surface area contributed by atoms with E-state index in [0.29, 0.717) is 19.6 Å². The molecule has 0 saturated carbocycles. The van der Waals surface area contributed by atoms with Gasteiger partial charge in [-0.3, -0.25) is 0 Å². The van der Waals surface area contributed by atoms with Crippen LogP contribution in [0.25, 0.3) is 0 Å². The maximum atomic E-state index is 9.49. The fourth-order valence-corrected chi connectivity index (χ4v) is 1.32. The van der Waals surface area contributed by atoms with Gasteiger partial charge in [0.1, 0.15) is 25.4 Å². The zero-order valence-corrected chi connectivity index (χ0v) is 12.9. The Morgan fingerprint density at radius 3 is 1.57 bits per heavy atom. The van der Waals surface area contributed by atoms with Crippen molar-refractivity contribution in [1.29, 1.82) is 0 Å². The Morgan fingerprint density at radius 1 is 0.762 bits per heavy atom. The molecular weight excluding hydrogens is 276 g/mol. The highest BCUT2D eigenvalue weighted by Crippen LogP contribution is 1.93. The number of hydrogen-bond donors (Lipinski definition) is 2. The topological polar surface area (TPSA) is 77.4 Å². The summed E-state index contributed by atoms with van der Waals surface area (Å²) < 4.78 is 20.6. The van der Waals surface area contributed by atoms with Crippen molar-refractivity contribution in [3.63, 3.8) is 0 Å². The third-order valence-electron chi connectivity index (χ3n) is 2.24. The predicted molar refractivity (Wildman–Crippen MR) is 79.8 cm³/mol. The third-order valence-corrected chi connectivity index (χ3v) is 2.24. The van der Waals surface area contributed by atoms with Crippen molar-refractivity contribution in [1.82, 2.24) is 0 Å². The molecule has 0 aromatic rings. The monoisotopic (exact) mass is 304 g/mol. The van der Waals surface area contributed by atoms with Crippen molar-refractivity contribution >= 4 is 0 Å². The first-order valence-electron chi connectivity index (χ1n) is 7.17. The van der Waals surface area contributed by atoms with Gasteiger partial charge in [-0.15, -0.1) is 0 Å². The first-order valence-corrected chi connectivity index (χ1v) is 7.17. The normalized spacial score (nSPS) is 14.7. The molecule has 2 atom stereocenters. The van der Waals surface area contributed by atoms with E-state index in [4.69, 9.17) is 18.9 Å². The summed E-state index contributed by atoms with van der Waals surface area (Å²) in [5.41, 5.74) is 0. The molecule has 0 fully saturated rings. The van der Waals surface area contributed by atoms with Gasteiger partial charge in [-0.05, 0) is 20.3 Å². The van der Waals surface area contributed by atoms with Crippen LogP contribution < -0.4 is 0 Å². The van der Waals surface area contributed by atoms with Crippen LogP contribution in [0.2, 0.25) is 0 Å². The molecule has 0 spiro atoms. The Bertz CT molecular complexity index is 241. The molecule has 0 bridgehead atoms. The van der Waals surface area contributed by atoms with Crippen molar-refractivity contribution in [2.45, 2.75) is 32.5 Å². The van der Waals surface area contributed by atoms with Gasteiger partial charge in [0.2, 0.25) is 0 Å². The van der Waals surface area contributed by atoms with Crippen LogP contribution in [0, 0.1) is 0 Å². The minimum absolute atomic E-state index is 0.221. The lowest BCUT2D eigenvalue weighted by Crippen LogP contribution is -2.22. The second kappa shape index (κ2) is 15.3. The molecule has 0 rings (SSSR count). The van der Waals surface area contributed by atoms with Crippen molar-refractivity contribution < 1.29 is 29.2 Å². The number of rotatable bonds is 14. The highest BCUT2D eigenvalue weighted by atomic mass is 16.5. The first-order chi connectivity index (χ1) is 10.2. The summed E-state index contributed by atoms with van der Waals surface area (Å²) in [5.74, 6) is 0. The second-order valence-electron chi connectivity index (χ2n) is 4.42. The average molecular weight is 304 g/mol. The lowest BCUT2D eigenvalue weighted by Gasteiger charge is -2.12. The Morgan fingerprint density at radius 2 is 1.19 bits per heavy atom. The summed E-state index contributed by atoms with van der Waals surface area (Å²) in [4.78, 5) is 0. The highest BCUT2D eigenvalue weighted by molar-refractivity contribution is 4.67. The Balaban J connectivity index is 3.28. The standard InChI is InChI=1S/C15H28O6/c1-3-6-18-10-14(16)12-20-8-5-9-21-13-15(17)11-19-7-4-2/h3-4,6-7,14-17H,5,8-13H2,1-2H3. The van der Waals surface area contributed by atoms with E-state index in [1.54, 1.807) is 12.2 Å². The van der Waals surface area contributed by atoms with Gasteiger partial charge < -0.3 is 29.2 Å². The molecule has 0 aromatic carbocycles. The van der Waals surface area contributed by atoms with Crippen LogP contribution in [-0.2, 0) is 18.9 Å². The Labute approximate surface area is 127 Å². The number of aliphatic hydroxyl groups is 2. The van der Waals surface area contributed by atoms with Crippen LogP contribution in [0.4, 0.5) is 0 Å². The van der Waals surface area contributed by atoms with Crippen LogP contribution in [0.15, 0.2) is 24.7 Å². The van der Waals surface area contributed by atoms with E-state index in [-0.39, 0.29) is 26.4 Å². The van der Waals surface area contributed by atoms with Crippen LogP contribution in [0.1, 0.15) is 20.3 Å². The van der Waals surface area contributed by atoms with E-state index in [0.717, 1.165) is 0 Å². The lowest BCUT2D eigenvalue weighted by molar-refractivity contribution is -0.0178. The zero-order chi connectivity index (χ0) is 15.8. The van der Waals surface area contributed by atoms with Crippen LogP contribution in [0.5, 0.6) is 0 Å². The number of hydrogen-bond acceptors (Lipinski definition) is 6. The largest absolute Gasteiger partial charge is 0.499 e. The summed E-state index contributed by atoms with van der Waals surface area (Å²) in [6.45, 7) is 5.57. The molecule has 2 unspecified atom stereocenters. The first kappa shape index (κ1) is 19.9. The van der Waals surface area contributed by atoms with Crippen molar-refractivity contribution in [3.8, 4) is 0 Å². The van der Waals surface area contributed by atoms with Gasteiger partial charge in [-0.25, -0.2) is 0 Å². The molecule has 21 heavy (non-hydrogen) atoms. The molecule has 0 radical (unpaired) electrons. The summed E-state index contributed by atoms with van der Waals surface area (Å²) in [7, 11) is 0. The molecule has 0 aliphatic rings. The quantitative estimate of drug-likeness (QED) is 0.371. The van der Waals surface area contributed by atoms with Gasteiger partial charge in [-0.1, -0.05) is 12.2 Å². The number of aliphatic hydroxyl groups excluding tert-OH is 2. The van der Waals surface area contributed by atoms with Gasteiger partial charge in [0.25, 0.3) is 0 Å². The van der Waals surface area contributed by atoms with E-state index in [2.05, 4.69) is 0 Å². The molecule has 0 aliphatic carbocycles. The van der Waals surface area contributed by atoms with Gasteiger partial charge >= 0.3 is 0 Å². The molecule has 0 aromatic heterocycles. The van der Waals surface area contributed by atoms with Gasteiger partial charge in [0.15, 0.2) is 0 Å². The van der Waals surface area contributed by atoms with Gasteiger partial charge in [-0.2, -0.15) is 0 Å². The number of allylic oxidation sites excluding steroid dienone is 2. The number of ether oxygens (including phenoxy) is 4. The maximum Gasteiger partial charge on any atom is 0.115 e. The minimum Gasteiger partial charge on any atom is -0.499 e. The minimum atomic E-state index is -0.632. The third kappa shape index (κ3) is 15.1. The fourth-order valence-electron chi connectivity index (χ4n) is 1.32. The van der Waals surface area contributed by atoms with E-state index < -0.39 is 12.2 Å². The molecule has 6 heteroatoms. The molecule has 0 heterocycles. The van der Waals surface area contributed by atoms with E-state index in [1.165, 1.54) is 12.5 Å². The molecule has 0 saturated heterocycles. The molecule has 6 nitrogen and oxygen atoms in total. The SMILES string of the molecule is CC=COCC(O)COCCCOCC(O)COC=CC. The summed E-state index contributed by atoms with van der Waals surface area (Å²) in [6.07, 6.45) is 6.00. The van der Waals surface area contributed by atoms with Gasteiger partial charge in [0.05, 0.1) is 25.7 Å². The molecule has 124 valence electrons. The molecule has 2 N–H and O–H groups in total. The highest BCUT2D eigenvalue weighted by Gasteiger charge is 2.05. The molecule has 0 aliphatic heterocycles. The second-order valence-corrected chi connectivity index (χ2v) is 4.42. The van der Waals surface area contributed by atoms with E-state index >= 15 is 0 Å². The summed E-state index contributed by atoms with van der Waals surface area (Å²) >= 11 is 0. The lowest BCUT2D eigenvalue weighted by atomic mass is 10.4. The summed E-state index contributed by atoms with van der Waals surface area (Å²) in [6, 6.07) is 0. The van der Waals surface area contributed by atoms with Crippen molar-refractivity contribution in [2.75, 3.05) is 39.6 Å². The molecule has 0 amide bonds. The van der Waals surface area contributed by atoms with Crippen LogP contribution >= 0.6 is 0 Å². The fraction of sp³-hybridized carbons (Fsp3) is 0.733. The summed E-state index contributed by atoms with van der Waals surface area (Å²) in [5, 5.41) is 19.0. The van der Waals surface area contributed by atoms with Crippen molar-refractivity contribution in [2.24, 2.45) is 0 Å². The average Bonchev–Trinajstić information content (AvgIpc) is 2.47. The van der Waals surface area contributed by atoms with Crippen molar-refractivity contribution in [3.05, 3.63) is 24.7 Å². The molecular formula is C15H28O6. The van der Waals surface area contributed by atoms with Crippen LogP contribution in [0.3, 0.4) is 0 Å². The maximum absolute atomic E-state index is 9.49. The van der Waals surface area contributed by atoms with Gasteiger partial charge in [0, 0.05) is 13.2 Å². The van der Waals surface area contributed by atoms with Crippen LogP contribution in [-0.4, -0.2) is 62.1 Å². The van der Waals surface area contributed by atoms with E-state index in [9.17, 15) is 10.2 Å². The van der Waals surface area contributed by atoms with E-state index in [1.807, 2.05) is 13.8 Å².